The summed E-state index contributed by atoms with van der Waals surface area (Å²) in [6.07, 6.45) is 5.66. The molecule has 2 fully saturated rings. The summed E-state index contributed by atoms with van der Waals surface area (Å²) in [5, 5.41) is 0. The molecule has 2 aliphatic rings. The Hall–Kier alpha value is -0.0800. The van der Waals surface area contributed by atoms with E-state index in [9.17, 15) is 0 Å². The zero-order chi connectivity index (χ0) is 15.7. The van der Waals surface area contributed by atoms with E-state index in [-0.39, 0.29) is 0 Å². The van der Waals surface area contributed by atoms with Crippen molar-refractivity contribution in [3.8, 4) is 0 Å². The van der Waals surface area contributed by atoms with Gasteiger partial charge in [0, 0.05) is 18.6 Å². The van der Waals surface area contributed by atoms with E-state index in [0.29, 0.717) is 11.0 Å². The summed E-state index contributed by atoms with van der Waals surface area (Å²) < 4.78 is 0. The van der Waals surface area contributed by atoms with E-state index in [1.165, 1.54) is 58.4 Å². The Bertz CT molecular complexity index is 309. The lowest BCUT2D eigenvalue weighted by Crippen LogP contribution is -2.55. The Labute approximate surface area is 133 Å². The first-order chi connectivity index (χ1) is 9.66. The molecule has 2 heteroatoms. The molecule has 0 bridgehead atoms. The van der Waals surface area contributed by atoms with Gasteiger partial charge in [0.2, 0.25) is 0 Å². The van der Waals surface area contributed by atoms with Gasteiger partial charge in [0.25, 0.3) is 0 Å². The highest BCUT2D eigenvalue weighted by atomic mass is 15.2. The molecule has 2 rings (SSSR count). The van der Waals surface area contributed by atoms with Gasteiger partial charge < -0.3 is 4.90 Å². The van der Waals surface area contributed by atoms with Crippen LogP contribution in [0.3, 0.4) is 0 Å². The number of nitrogens with zero attached hydrogens (tertiary/aromatic N) is 2. The first-order valence-corrected chi connectivity index (χ1v) is 9.13. The van der Waals surface area contributed by atoms with Crippen molar-refractivity contribution >= 4 is 0 Å². The molecule has 0 spiro atoms. The molecule has 0 radical (unpaired) electrons. The highest BCUT2D eigenvalue weighted by molar-refractivity contribution is 4.88. The number of piperidine rings is 1. The van der Waals surface area contributed by atoms with Crippen LogP contribution in [-0.2, 0) is 0 Å². The molecule has 0 aromatic carbocycles. The van der Waals surface area contributed by atoms with Gasteiger partial charge in [0.1, 0.15) is 0 Å². The average molecular weight is 295 g/mol. The molecule has 0 amide bonds. The average Bonchev–Trinajstić information content (AvgIpc) is 2.29. The van der Waals surface area contributed by atoms with Gasteiger partial charge in [-0.2, -0.15) is 0 Å². The Morgan fingerprint density at radius 3 is 1.95 bits per heavy atom. The molecule has 21 heavy (non-hydrogen) atoms. The molecule has 2 heterocycles. The fourth-order valence-electron chi connectivity index (χ4n) is 3.93. The quantitative estimate of drug-likeness (QED) is 0.764. The fraction of sp³-hybridized carbons (Fsp3) is 1.00. The van der Waals surface area contributed by atoms with Crippen LogP contribution in [-0.4, -0.2) is 48.1 Å². The van der Waals surface area contributed by atoms with Gasteiger partial charge in [-0.05, 0) is 83.3 Å². The minimum Gasteiger partial charge on any atom is -0.303 e. The van der Waals surface area contributed by atoms with E-state index < -0.39 is 0 Å². The summed E-state index contributed by atoms with van der Waals surface area (Å²) in [6.45, 7) is 20.9. The number of hydrogen-bond donors (Lipinski definition) is 0. The summed E-state index contributed by atoms with van der Waals surface area (Å²) in [6, 6.07) is 0. The number of hydrogen-bond acceptors (Lipinski definition) is 2. The van der Waals surface area contributed by atoms with Crippen LogP contribution in [0.4, 0.5) is 0 Å². The molecule has 0 unspecified atom stereocenters. The van der Waals surface area contributed by atoms with Crippen molar-refractivity contribution < 1.29 is 0 Å². The molecule has 0 N–H and O–H groups in total. The largest absolute Gasteiger partial charge is 0.303 e. The third kappa shape index (κ3) is 4.96. The van der Waals surface area contributed by atoms with E-state index in [4.69, 9.17) is 0 Å². The molecule has 0 aromatic rings. The predicted octanol–water partition coefficient (Wildman–Crippen LogP) is 4.26. The van der Waals surface area contributed by atoms with E-state index >= 15 is 0 Å². The van der Waals surface area contributed by atoms with Gasteiger partial charge in [-0.1, -0.05) is 20.8 Å². The van der Waals surface area contributed by atoms with Crippen LogP contribution in [0.5, 0.6) is 0 Å². The van der Waals surface area contributed by atoms with Gasteiger partial charge in [-0.3, -0.25) is 4.90 Å². The summed E-state index contributed by atoms with van der Waals surface area (Å²) in [5.74, 6) is 1.90. The maximum atomic E-state index is 2.71. The zero-order valence-electron chi connectivity index (χ0n) is 15.4. The van der Waals surface area contributed by atoms with Crippen LogP contribution in [0.25, 0.3) is 0 Å². The lowest BCUT2D eigenvalue weighted by Gasteiger charge is -2.48. The van der Waals surface area contributed by atoms with Crippen molar-refractivity contribution in [2.45, 2.75) is 72.8 Å². The van der Waals surface area contributed by atoms with Crippen LogP contribution < -0.4 is 0 Å². The van der Waals surface area contributed by atoms with Gasteiger partial charge in [0.15, 0.2) is 0 Å². The smallest absolute Gasteiger partial charge is 0.0125 e. The second kappa shape index (κ2) is 6.58. The molecule has 124 valence electrons. The van der Waals surface area contributed by atoms with Gasteiger partial charge >= 0.3 is 0 Å². The van der Waals surface area contributed by atoms with Crippen molar-refractivity contribution in [1.29, 1.82) is 0 Å². The lowest BCUT2D eigenvalue weighted by molar-refractivity contribution is 0.00803. The molecule has 2 saturated heterocycles. The van der Waals surface area contributed by atoms with Crippen LogP contribution in [0, 0.1) is 17.3 Å². The number of likely N-dealkylation sites (tertiary alicyclic amines) is 2. The first kappa shape index (κ1) is 17.3. The molecular weight excluding hydrogens is 256 g/mol. The molecule has 0 saturated carbocycles. The second-order valence-electron chi connectivity index (χ2n) is 9.57. The Morgan fingerprint density at radius 1 is 0.905 bits per heavy atom. The van der Waals surface area contributed by atoms with Gasteiger partial charge in [0.05, 0.1) is 0 Å². The third-order valence-electron chi connectivity index (χ3n) is 5.80. The van der Waals surface area contributed by atoms with Crippen molar-refractivity contribution in [2.24, 2.45) is 17.3 Å². The standard InChI is InChI=1S/C19H38N2/c1-18(2,3)17-9-12-20(13-10-17)11-7-8-16-14-21(15-16)19(4,5)6/h16-17H,7-15H2,1-6H3. The third-order valence-corrected chi connectivity index (χ3v) is 5.80. The van der Waals surface area contributed by atoms with E-state index in [1.807, 2.05) is 0 Å². The lowest BCUT2D eigenvalue weighted by atomic mass is 9.75. The van der Waals surface area contributed by atoms with Crippen molar-refractivity contribution in [3.05, 3.63) is 0 Å². The Kier molecular flexibility index (Phi) is 5.41. The summed E-state index contributed by atoms with van der Waals surface area (Å²) in [5.41, 5.74) is 0.889. The second-order valence-corrected chi connectivity index (χ2v) is 9.57. The zero-order valence-corrected chi connectivity index (χ0v) is 15.4. The van der Waals surface area contributed by atoms with Crippen LogP contribution >= 0.6 is 0 Å². The molecular formula is C19H38N2. The van der Waals surface area contributed by atoms with Crippen molar-refractivity contribution in [1.82, 2.24) is 9.80 Å². The molecule has 0 aliphatic carbocycles. The molecule has 0 atom stereocenters. The normalized spacial score (nSPS) is 24.3. The maximum absolute atomic E-state index is 2.71. The first-order valence-electron chi connectivity index (χ1n) is 9.13. The van der Waals surface area contributed by atoms with Crippen molar-refractivity contribution in [2.75, 3.05) is 32.7 Å². The topological polar surface area (TPSA) is 6.48 Å². The molecule has 0 aromatic heterocycles. The predicted molar refractivity (Wildman–Crippen MR) is 92.7 cm³/mol. The Balaban J connectivity index is 1.56. The highest BCUT2D eigenvalue weighted by Crippen LogP contribution is 2.34. The van der Waals surface area contributed by atoms with Crippen LogP contribution in [0.1, 0.15) is 67.2 Å². The molecule has 2 aliphatic heterocycles. The Morgan fingerprint density at radius 2 is 1.48 bits per heavy atom. The minimum absolute atomic E-state index is 0.380. The SMILES string of the molecule is CC(C)(C)C1CCN(CCCC2CN(C(C)(C)C)C2)CC1. The van der Waals surface area contributed by atoms with E-state index in [0.717, 1.165) is 11.8 Å². The number of rotatable bonds is 4. The summed E-state index contributed by atoms with van der Waals surface area (Å²) in [7, 11) is 0. The van der Waals surface area contributed by atoms with Crippen LogP contribution in [0.15, 0.2) is 0 Å². The summed E-state index contributed by atoms with van der Waals surface area (Å²) >= 11 is 0. The van der Waals surface area contributed by atoms with E-state index in [2.05, 4.69) is 51.3 Å². The van der Waals surface area contributed by atoms with E-state index in [1.54, 1.807) is 0 Å². The summed E-state index contributed by atoms with van der Waals surface area (Å²) in [4.78, 5) is 5.33. The minimum atomic E-state index is 0.380. The monoisotopic (exact) mass is 294 g/mol. The van der Waals surface area contributed by atoms with Gasteiger partial charge in [-0.25, -0.2) is 0 Å². The van der Waals surface area contributed by atoms with Gasteiger partial charge in [-0.15, -0.1) is 0 Å². The highest BCUT2D eigenvalue weighted by Gasteiger charge is 2.34. The fourth-order valence-corrected chi connectivity index (χ4v) is 3.93. The molecule has 2 nitrogen and oxygen atoms in total. The maximum Gasteiger partial charge on any atom is 0.0125 e. The van der Waals surface area contributed by atoms with Crippen molar-refractivity contribution in [3.63, 3.8) is 0 Å². The van der Waals surface area contributed by atoms with Crippen LogP contribution in [0.2, 0.25) is 0 Å².